The Labute approximate surface area is 126 Å². The average Bonchev–Trinajstić information content (AvgIpc) is 2.42. The quantitative estimate of drug-likeness (QED) is 0.486. The number of halogens is 2. The minimum absolute atomic E-state index is 0.952. The van der Waals surface area contributed by atoms with E-state index in [1.807, 2.05) is 18.2 Å². The highest BCUT2D eigenvalue weighted by Crippen LogP contribution is 2.02. The zero-order chi connectivity index (χ0) is 12.3. The third kappa shape index (κ3) is 6.84. The van der Waals surface area contributed by atoms with E-state index in [-0.39, 0.29) is 0 Å². The molecule has 0 spiro atoms. The Bertz CT molecular complexity index is 386. The maximum Gasteiger partial charge on any atom is 0.0283 e. The van der Waals surface area contributed by atoms with Crippen molar-refractivity contribution in [1.29, 1.82) is 0 Å². The zero-order valence-corrected chi connectivity index (χ0v) is 13.4. The second-order valence-corrected chi connectivity index (χ2v) is 5.18. The fraction of sp³-hybridized carbons (Fsp3) is 0.200. The Kier molecular flexibility index (Phi) is 8.36. The van der Waals surface area contributed by atoms with Gasteiger partial charge in [0, 0.05) is 9.76 Å². The Balaban J connectivity index is 0.000000171. The van der Waals surface area contributed by atoms with Gasteiger partial charge in [0.25, 0.3) is 0 Å². The van der Waals surface area contributed by atoms with Crippen LogP contribution in [-0.2, 0) is 11.8 Å². The van der Waals surface area contributed by atoms with E-state index >= 15 is 0 Å². The Hall–Kier alpha value is -0.350. The molecule has 0 aliphatic carbocycles. The van der Waals surface area contributed by atoms with Crippen LogP contribution in [0.2, 0.25) is 0 Å². The second-order valence-electron chi connectivity index (χ2n) is 3.54. The van der Waals surface area contributed by atoms with Crippen LogP contribution in [0.5, 0.6) is 0 Å². The first-order valence-electron chi connectivity index (χ1n) is 5.56. The van der Waals surface area contributed by atoms with Gasteiger partial charge in [-0.05, 0) is 17.5 Å². The first-order chi connectivity index (χ1) is 8.36. The highest BCUT2D eigenvalue weighted by molar-refractivity contribution is 14.1. The van der Waals surface area contributed by atoms with E-state index in [4.69, 9.17) is 0 Å². The van der Waals surface area contributed by atoms with Gasteiger partial charge >= 0.3 is 0 Å². The van der Waals surface area contributed by atoms with E-state index in [1.54, 1.807) is 0 Å². The molecule has 0 bridgehead atoms. The number of aryl methyl sites for hydroxylation is 1. The summed E-state index contributed by atoms with van der Waals surface area (Å²) in [6, 6.07) is 20.8. The van der Waals surface area contributed by atoms with Crippen LogP contribution >= 0.6 is 38.5 Å². The molecule has 0 N–H and O–H groups in total. The lowest BCUT2D eigenvalue weighted by Gasteiger charge is -1.93. The average molecular weight is 403 g/mol. The summed E-state index contributed by atoms with van der Waals surface area (Å²) in [7, 11) is 0. The van der Waals surface area contributed by atoms with Crippen LogP contribution in [0.3, 0.4) is 0 Å². The van der Waals surface area contributed by atoms with Crippen molar-refractivity contribution in [1.82, 2.24) is 0 Å². The maximum absolute atomic E-state index is 3.36. The van der Waals surface area contributed by atoms with Gasteiger partial charge in [-0.3, -0.25) is 0 Å². The molecule has 0 saturated heterocycles. The summed E-state index contributed by atoms with van der Waals surface area (Å²) in [4.78, 5) is 0. The Morgan fingerprint density at radius 1 is 0.765 bits per heavy atom. The van der Waals surface area contributed by atoms with Crippen LogP contribution < -0.4 is 0 Å². The van der Waals surface area contributed by atoms with Crippen LogP contribution in [0.25, 0.3) is 0 Å². The molecule has 0 nitrogen and oxygen atoms in total. The Morgan fingerprint density at radius 3 is 1.59 bits per heavy atom. The molecular formula is C15H16BrI. The molecular weight excluding hydrogens is 387 g/mol. The highest BCUT2D eigenvalue weighted by atomic mass is 127. The highest BCUT2D eigenvalue weighted by Gasteiger charge is 1.85. The van der Waals surface area contributed by atoms with Gasteiger partial charge in [0.2, 0.25) is 0 Å². The van der Waals surface area contributed by atoms with Gasteiger partial charge in [0.1, 0.15) is 0 Å². The predicted octanol–water partition coefficient (Wildman–Crippen LogP) is 5.25. The van der Waals surface area contributed by atoms with Gasteiger partial charge in [-0.2, -0.15) is 0 Å². The summed E-state index contributed by atoms with van der Waals surface area (Å²) in [5.74, 6) is 0. The van der Waals surface area contributed by atoms with Crippen LogP contribution in [0.1, 0.15) is 11.1 Å². The zero-order valence-electron chi connectivity index (χ0n) is 9.65. The lowest BCUT2D eigenvalue weighted by atomic mass is 10.2. The summed E-state index contributed by atoms with van der Waals surface area (Å²) < 4.78 is 1.21. The topological polar surface area (TPSA) is 0 Å². The molecule has 2 aromatic carbocycles. The minimum Gasteiger partial charge on any atom is -0.0876 e. The van der Waals surface area contributed by atoms with Crippen molar-refractivity contribution in [3.05, 3.63) is 71.8 Å². The van der Waals surface area contributed by atoms with E-state index in [9.17, 15) is 0 Å². The summed E-state index contributed by atoms with van der Waals surface area (Å²) in [5, 5.41) is 0.952. The third-order valence-electron chi connectivity index (χ3n) is 2.22. The SMILES string of the molecule is BrCc1ccccc1.ICCc1ccccc1. The molecule has 0 aromatic heterocycles. The summed E-state index contributed by atoms with van der Waals surface area (Å²) >= 11 is 5.75. The first-order valence-corrected chi connectivity index (χ1v) is 8.21. The van der Waals surface area contributed by atoms with Crippen LogP contribution in [0.4, 0.5) is 0 Å². The van der Waals surface area contributed by atoms with Gasteiger partial charge in [-0.25, -0.2) is 0 Å². The van der Waals surface area contributed by atoms with Gasteiger partial charge < -0.3 is 0 Å². The molecule has 90 valence electrons. The van der Waals surface area contributed by atoms with E-state index in [0.29, 0.717) is 0 Å². The molecule has 0 unspecified atom stereocenters. The number of rotatable bonds is 3. The molecule has 0 aliphatic heterocycles. The molecule has 0 fully saturated rings. The van der Waals surface area contributed by atoms with Crippen LogP contribution in [0, 0.1) is 0 Å². The van der Waals surface area contributed by atoms with Gasteiger partial charge in [0.05, 0.1) is 0 Å². The lowest BCUT2D eigenvalue weighted by Crippen LogP contribution is -1.82. The fourth-order valence-corrected chi connectivity index (χ4v) is 2.32. The van der Waals surface area contributed by atoms with Gasteiger partial charge in [-0.1, -0.05) is 99.2 Å². The van der Waals surface area contributed by atoms with E-state index < -0.39 is 0 Å². The van der Waals surface area contributed by atoms with Crippen LogP contribution in [-0.4, -0.2) is 4.43 Å². The van der Waals surface area contributed by atoms with Crippen molar-refractivity contribution in [2.24, 2.45) is 0 Å². The molecule has 0 saturated carbocycles. The molecule has 2 aromatic rings. The summed E-state index contributed by atoms with van der Waals surface area (Å²) in [6.45, 7) is 0. The molecule has 0 aliphatic rings. The van der Waals surface area contributed by atoms with E-state index in [0.717, 1.165) is 5.33 Å². The second kappa shape index (κ2) is 9.66. The summed E-state index contributed by atoms with van der Waals surface area (Å²) in [6.07, 6.45) is 1.20. The molecule has 0 amide bonds. The number of hydrogen-bond donors (Lipinski definition) is 0. The predicted molar refractivity (Wildman–Crippen MR) is 88.1 cm³/mol. The smallest absolute Gasteiger partial charge is 0.0283 e. The monoisotopic (exact) mass is 402 g/mol. The molecule has 0 atom stereocenters. The van der Waals surface area contributed by atoms with Crippen molar-refractivity contribution in [2.75, 3.05) is 4.43 Å². The fourth-order valence-electron chi connectivity index (χ4n) is 1.32. The van der Waals surface area contributed by atoms with E-state index in [1.165, 1.54) is 22.0 Å². The molecule has 17 heavy (non-hydrogen) atoms. The molecule has 2 rings (SSSR count). The van der Waals surface area contributed by atoms with Crippen LogP contribution in [0.15, 0.2) is 60.7 Å². The summed E-state index contributed by atoms with van der Waals surface area (Å²) in [5.41, 5.74) is 2.76. The van der Waals surface area contributed by atoms with Crippen molar-refractivity contribution >= 4 is 38.5 Å². The van der Waals surface area contributed by atoms with Gasteiger partial charge in [-0.15, -0.1) is 0 Å². The largest absolute Gasteiger partial charge is 0.0876 e. The third-order valence-corrected chi connectivity index (χ3v) is 3.41. The van der Waals surface area contributed by atoms with E-state index in [2.05, 4.69) is 81.0 Å². The number of alkyl halides is 2. The minimum atomic E-state index is 0.952. The van der Waals surface area contributed by atoms with Crippen molar-refractivity contribution < 1.29 is 0 Å². The Morgan fingerprint density at radius 2 is 1.24 bits per heavy atom. The van der Waals surface area contributed by atoms with Crippen molar-refractivity contribution in [3.63, 3.8) is 0 Å². The van der Waals surface area contributed by atoms with Gasteiger partial charge in [0.15, 0.2) is 0 Å². The molecule has 0 radical (unpaired) electrons. The maximum atomic E-state index is 3.36. The molecule has 0 heterocycles. The lowest BCUT2D eigenvalue weighted by molar-refractivity contribution is 1.18. The van der Waals surface area contributed by atoms with Crippen molar-refractivity contribution in [2.45, 2.75) is 11.8 Å². The molecule has 2 heteroatoms. The number of benzene rings is 2. The standard InChI is InChI=1S/C8H9I.C7H7Br/c9-7-6-8-4-2-1-3-5-8;8-6-7-4-2-1-3-5-7/h1-5H,6-7H2;1-5H,6H2. The first kappa shape index (κ1) is 14.7. The number of hydrogen-bond acceptors (Lipinski definition) is 0. The normalized spacial score (nSPS) is 9.29. The van der Waals surface area contributed by atoms with Crippen molar-refractivity contribution in [3.8, 4) is 0 Å².